The number of hydrogen-bond acceptors (Lipinski definition) is 5. The Kier molecular flexibility index (Phi) is 3.23. The Balaban J connectivity index is 1.47. The molecule has 0 radical (unpaired) electrons. The lowest BCUT2D eigenvalue weighted by atomic mass is 9.97. The zero-order chi connectivity index (χ0) is 13.4. The number of nitrogens with one attached hydrogen (secondary N) is 1. The largest absolute Gasteiger partial charge is 0.325 e. The van der Waals surface area contributed by atoms with E-state index in [9.17, 15) is 0 Å². The SMILES string of the molecule is c1c([C@H]2CCCNC2)nnn1Cc1cn2c(n1)SCC2. The molecule has 1 saturated heterocycles. The van der Waals surface area contributed by atoms with Crippen molar-refractivity contribution in [1.29, 1.82) is 0 Å². The van der Waals surface area contributed by atoms with Crippen LogP contribution in [0.5, 0.6) is 0 Å². The molecule has 0 spiro atoms. The van der Waals surface area contributed by atoms with Gasteiger partial charge in [0.25, 0.3) is 0 Å². The molecule has 0 bridgehead atoms. The number of fused-ring (bicyclic) bond motifs is 1. The highest BCUT2D eigenvalue weighted by Crippen LogP contribution is 2.25. The van der Waals surface area contributed by atoms with E-state index in [0.29, 0.717) is 12.5 Å². The van der Waals surface area contributed by atoms with Crippen LogP contribution in [0.3, 0.4) is 0 Å². The molecule has 106 valence electrons. The van der Waals surface area contributed by atoms with Crippen molar-refractivity contribution in [2.24, 2.45) is 0 Å². The van der Waals surface area contributed by atoms with Gasteiger partial charge in [0.2, 0.25) is 0 Å². The van der Waals surface area contributed by atoms with Crippen molar-refractivity contribution in [2.75, 3.05) is 18.8 Å². The quantitative estimate of drug-likeness (QED) is 0.917. The van der Waals surface area contributed by atoms with Crippen molar-refractivity contribution >= 4 is 11.8 Å². The monoisotopic (exact) mass is 290 g/mol. The molecule has 2 aliphatic rings. The summed E-state index contributed by atoms with van der Waals surface area (Å²) in [6.45, 7) is 3.94. The van der Waals surface area contributed by atoms with Crippen LogP contribution in [0.2, 0.25) is 0 Å². The van der Waals surface area contributed by atoms with Crippen LogP contribution in [-0.2, 0) is 13.1 Å². The predicted octanol–water partition coefficient (Wildman–Crippen LogP) is 1.10. The highest BCUT2D eigenvalue weighted by atomic mass is 32.2. The Morgan fingerprint density at radius 1 is 1.40 bits per heavy atom. The van der Waals surface area contributed by atoms with Crippen LogP contribution in [0.4, 0.5) is 0 Å². The lowest BCUT2D eigenvalue weighted by molar-refractivity contribution is 0.454. The van der Waals surface area contributed by atoms with Gasteiger partial charge in [0.15, 0.2) is 5.16 Å². The van der Waals surface area contributed by atoms with Gasteiger partial charge in [0.05, 0.1) is 17.9 Å². The van der Waals surface area contributed by atoms with Crippen LogP contribution in [0, 0.1) is 0 Å². The first-order valence-corrected chi connectivity index (χ1v) is 8.16. The van der Waals surface area contributed by atoms with Crippen molar-refractivity contribution in [1.82, 2.24) is 29.9 Å². The van der Waals surface area contributed by atoms with Crippen LogP contribution < -0.4 is 5.32 Å². The number of aryl methyl sites for hydroxylation is 1. The second kappa shape index (κ2) is 5.21. The fourth-order valence-electron chi connectivity index (χ4n) is 2.89. The Morgan fingerprint density at radius 2 is 2.40 bits per heavy atom. The summed E-state index contributed by atoms with van der Waals surface area (Å²) in [5.74, 6) is 1.66. The average Bonchev–Trinajstić information content (AvgIpc) is 3.16. The summed E-state index contributed by atoms with van der Waals surface area (Å²) in [4.78, 5) is 4.63. The molecule has 2 aromatic heterocycles. The number of piperidine rings is 1. The summed E-state index contributed by atoms with van der Waals surface area (Å²) in [7, 11) is 0. The smallest absolute Gasteiger partial charge is 0.168 e. The minimum atomic E-state index is 0.514. The molecule has 1 N–H and O–H groups in total. The van der Waals surface area contributed by atoms with Crippen molar-refractivity contribution in [3.8, 4) is 0 Å². The van der Waals surface area contributed by atoms with E-state index in [1.807, 2.05) is 16.4 Å². The van der Waals surface area contributed by atoms with E-state index in [1.54, 1.807) is 0 Å². The maximum atomic E-state index is 4.63. The number of nitrogens with zero attached hydrogens (tertiary/aromatic N) is 5. The van der Waals surface area contributed by atoms with E-state index in [1.165, 1.54) is 12.8 Å². The summed E-state index contributed by atoms with van der Waals surface area (Å²) >= 11 is 1.83. The molecular weight excluding hydrogens is 272 g/mol. The van der Waals surface area contributed by atoms with Gasteiger partial charge in [0, 0.05) is 37.2 Å². The third-order valence-electron chi connectivity index (χ3n) is 3.95. The number of aromatic nitrogens is 5. The molecule has 0 aromatic carbocycles. The second-order valence-electron chi connectivity index (χ2n) is 5.44. The van der Waals surface area contributed by atoms with Gasteiger partial charge in [0.1, 0.15) is 0 Å². The third kappa shape index (κ3) is 2.35. The van der Waals surface area contributed by atoms with Crippen LogP contribution in [0.25, 0.3) is 0 Å². The molecule has 4 heterocycles. The highest BCUT2D eigenvalue weighted by Gasteiger charge is 2.19. The van der Waals surface area contributed by atoms with E-state index in [0.717, 1.165) is 41.9 Å². The number of rotatable bonds is 3. The summed E-state index contributed by atoms with van der Waals surface area (Å²) in [6, 6.07) is 0. The van der Waals surface area contributed by atoms with Crippen LogP contribution >= 0.6 is 11.8 Å². The maximum Gasteiger partial charge on any atom is 0.168 e. The van der Waals surface area contributed by atoms with Gasteiger partial charge >= 0.3 is 0 Å². The first kappa shape index (κ1) is 12.4. The Bertz CT molecular complexity index is 576. The van der Waals surface area contributed by atoms with Crippen molar-refractivity contribution in [3.05, 3.63) is 23.8 Å². The average molecular weight is 290 g/mol. The molecule has 2 aliphatic heterocycles. The van der Waals surface area contributed by atoms with Crippen LogP contribution in [-0.4, -0.2) is 43.4 Å². The summed E-state index contributed by atoms with van der Waals surface area (Å²) < 4.78 is 4.13. The van der Waals surface area contributed by atoms with Crippen molar-refractivity contribution in [3.63, 3.8) is 0 Å². The van der Waals surface area contributed by atoms with E-state index in [2.05, 4.69) is 37.6 Å². The fraction of sp³-hybridized carbons (Fsp3) is 0.615. The number of thioether (sulfide) groups is 1. The van der Waals surface area contributed by atoms with Crippen LogP contribution in [0.15, 0.2) is 17.6 Å². The standard InChI is InChI=1S/C13H18N6S/c1-2-10(6-14-3-1)12-9-19(17-16-12)8-11-7-18-4-5-20-13(18)15-11/h7,9-10,14H,1-6,8H2/t10-/m0/s1. The topological polar surface area (TPSA) is 60.6 Å². The van der Waals surface area contributed by atoms with Gasteiger partial charge in [-0.2, -0.15) is 0 Å². The molecule has 7 heteroatoms. The summed E-state index contributed by atoms with van der Waals surface area (Å²) in [6.07, 6.45) is 6.65. The van der Waals surface area contributed by atoms with Gasteiger partial charge in [-0.3, -0.25) is 0 Å². The van der Waals surface area contributed by atoms with Crippen LogP contribution in [0.1, 0.15) is 30.1 Å². The summed E-state index contributed by atoms with van der Waals surface area (Å²) in [5.41, 5.74) is 2.18. The van der Waals surface area contributed by atoms with E-state index in [-0.39, 0.29) is 0 Å². The van der Waals surface area contributed by atoms with Crippen molar-refractivity contribution in [2.45, 2.75) is 37.0 Å². The summed E-state index contributed by atoms with van der Waals surface area (Å²) in [5, 5.41) is 13.1. The van der Waals surface area contributed by atoms with E-state index in [4.69, 9.17) is 0 Å². The third-order valence-corrected chi connectivity index (χ3v) is 4.92. The lowest BCUT2D eigenvalue weighted by Crippen LogP contribution is -2.28. The minimum absolute atomic E-state index is 0.514. The normalized spacial score (nSPS) is 22.1. The van der Waals surface area contributed by atoms with Gasteiger partial charge in [-0.1, -0.05) is 17.0 Å². The molecule has 20 heavy (non-hydrogen) atoms. The minimum Gasteiger partial charge on any atom is -0.325 e. The lowest BCUT2D eigenvalue weighted by Gasteiger charge is -2.20. The first-order chi connectivity index (χ1) is 9.88. The van der Waals surface area contributed by atoms with Gasteiger partial charge in [-0.05, 0) is 19.4 Å². The molecule has 6 nitrogen and oxygen atoms in total. The molecule has 1 atom stereocenters. The first-order valence-electron chi connectivity index (χ1n) is 7.18. The molecular formula is C13H18N6S. The highest BCUT2D eigenvalue weighted by molar-refractivity contribution is 7.99. The Hall–Kier alpha value is -1.34. The second-order valence-corrected chi connectivity index (χ2v) is 6.50. The predicted molar refractivity (Wildman–Crippen MR) is 76.9 cm³/mol. The molecule has 0 aliphatic carbocycles. The Morgan fingerprint density at radius 3 is 3.25 bits per heavy atom. The van der Waals surface area contributed by atoms with E-state index < -0.39 is 0 Å². The van der Waals surface area contributed by atoms with Gasteiger partial charge in [-0.15, -0.1) is 5.10 Å². The van der Waals surface area contributed by atoms with Crippen molar-refractivity contribution < 1.29 is 0 Å². The van der Waals surface area contributed by atoms with Gasteiger partial charge in [-0.25, -0.2) is 9.67 Å². The maximum absolute atomic E-state index is 4.63. The molecule has 4 rings (SSSR count). The molecule has 0 amide bonds. The molecule has 0 unspecified atom stereocenters. The molecule has 1 fully saturated rings. The number of hydrogen-bond donors (Lipinski definition) is 1. The number of imidazole rings is 1. The zero-order valence-corrected chi connectivity index (χ0v) is 12.1. The van der Waals surface area contributed by atoms with Gasteiger partial charge < -0.3 is 9.88 Å². The zero-order valence-electron chi connectivity index (χ0n) is 11.3. The van der Waals surface area contributed by atoms with E-state index >= 15 is 0 Å². The molecule has 2 aromatic rings. The molecule has 0 saturated carbocycles. The Labute approximate surface area is 122 Å². The fourth-order valence-corrected chi connectivity index (χ4v) is 3.85.